The van der Waals surface area contributed by atoms with E-state index in [4.69, 9.17) is 4.98 Å². The van der Waals surface area contributed by atoms with Crippen LogP contribution in [0.25, 0.3) is 44.1 Å². The molecule has 4 aromatic heterocycles. The normalized spacial score (nSPS) is 20.0. The van der Waals surface area contributed by atoms with Crippen molar-refractivity contribution in [2.45, 2.75) is 69.6 Å². The maximum absolute atomic E-state index is 13.7. The zero-order valence-electron chi connectivity index (χ0n) is 37.8. The Labute approximate surface area is 383 Å². The van der Waals surface area contributed by atoms with E-state index in [0.717, 1.165) is 124 Å². The predicted octanol–water partition coefficient (Wildman–Crippen LogP) is 5.55. The minimum Gasteiger partial charge on any atom is -0.339 e. The van der Waals surface area contributed by atoms with Crippen LogP contribution in [0.15, 0.2) is 90.0 Å². The van der Waals surface area contributed by atoms with E-state index in [1.54, 1.807) is 11.6 Å². The van der Waals surface area contributed by atoms with Crippen molar-refractivity contribution >= 4 is 50.7 Å². The number of piperidine rings is 3. The van der Waals surface area contributed by atoms with Gasteiger partial charge < -0.3 is 9.47 Å². The largest absolute Gasteiger partial charge is 0.339 e. The molecule has 8 heterocycles. The third-order valence-electron chi connectivity index (χ3n) is 15.1. The molecule has 0 saturated carbocycles. The molecule has 7 aromatic rings. The molecule has 0 bridgehead atoms. The van der Waals surface area contributed by atoms with Gasteiger partial charge in [-0.1, -0.05) is 24.3 Å². The third kappa shape index (κ3) is 7.92. The Morgan fingerprint density at radius 3 is 2.29 bits per heavy atom. The highest BCUT2D eigenvalue weighted by atomic mass is 16.2. The SMILES string of the molecule is Cn1c(CN2CCC(c3ccc(C(=O)N4CCC(N5CCN(Cc6ccc7c(c6)n(C)c(=O)n7C6CCC(=O)NC6=O)CC5)CC4)cc3)CC2)cc2c(-c3ccc4[nH]ncc4c3)ccnc21. The molecule has 4 fully saturated rings. The van der Waals surface area contributed by atoms with Crippen molar-refractivity contribution in [2.24, 2.45) is 14.1 Å². The lowest BCUT2D eigenvalue weighted by molar-refractivity contribution is -0.135. The second-order valence-corrected chi connectivity index (χ2v) is 19.0. The van der Waals surface area contributed by atoms with Crippen molar-refractivity contribution in [1.29, 1.82) is 0 Å². The molecular weight excluding hydrogens is 831 g/mol. The Bertz CT molecular complexity index is 3030. The highest BCUT2D eigenvalue weighted by Crippen LogP contribution is 2.34. The number of imidazole rings is 1. The number of rotatable bonds is 9. The van der Waals surface area contributed by atoms with Gasteiger partial charge in [-0.15, -0.1) is 0 Å². The van der Waals surface area contributed by atoms with Crippen molar-refractivity contribution in [3.05, 3.63) is 118 Å². The number of amides is 3. The molecule has 0 spiro atoms. The van der Waals surface area contributed by atoms with Crippen LogP contribution in [-0.4, -0.2) is 125 Å². The number of pyridine rings is 1. The van der Waals surface area contributed by atoms with Gasteiger partial charge in [0.1, 0.15) is 11.7 Å². The fraction of sp³-hybridized carbons (Fsp3) is 0.412. The van der Waals surface area contributed by atoms with E-state index in [2.05, 4.69) is 90.4 Å². The molecule has 15 heteroatoms. The Morgan fingerprint density at radius 1 is 0.742 bits per heavy atom. The predicted molar refractivity (Wildman–Crippen MR) is 254 cm³/mol. The molecule has 4 aliphatic heterocycles. The number of H-pyrrole nitrogens is 1. The maximum atomic E-state index is 13.7. The van der Waals surface area contributed by atoms with Crippen molar-refractivity contribution in [3.8, 4) is 11.1 Å². The zero-order valence-corrected chi connectivity index (χ0v) is 37.8. The molecule has 340 valence electrons. The first-order chi connectivity index (χ1) is 32.1. The minimum atomic E-state index is -0.686. The summed E-state index contributed by atoms with van der Waals surface area (Å²) in [6.07, 6.45) is 8.47. The number of piperazine rings is 1. The highest BCUT2D eigenvalue weighted by Gasteiger charge is 2.33. The molecular formula is C51H57N11O4. The van der Waals surface area contributed by atoms with Crippen LogP contribution in [-0.2, 0) is 36.8 Å². The number of carbonyl (C=O) groups is 3. The van der Waals surface area contributed by atoms with E-state index in [1.807, 2.05) is 41.6 Å². The van der Waals surface area contributed by atoms with E-state index in [0.29, 0.717) is 23.9 Å². The Kier molecular flexibility index (Phi) is 11.1. The average Bonchev–Trinajstić information content (AvgIpc) is 4.02. The lowest BCUT2D eigenvalue weighted by Gasteiger charge is -2.42. The smallest absolute Gasteiger partial charge is 0.329 e. The fourth-order valence-corrected chi connectivity index (χ4v) is 11.2. The van der Waals surface area contributed by atoms with E-state index < -0.39 is 11.9 Å². The molecule has 2 N–H and O–H groups in total. The first-order valence-electron chi connectivity index (χ1n) is 23.6. The molecule has 4 aliphatic rings. The number of carbonyl (C=O) groups excluding carboxylic acids is 3. The number of aromatic amines is 1. The van der Waals surface area contributed by atoms with Crippen LogP contribution in [0.4, 0.5) is 0 Å². The van der Waals surface area contributed by atoms with Crippen LogP contribution in [0.5, 0.6) is 0 Å². The highest BCUT2D eigenvalue weighted by molar-refractivity contribution is 6.00. The summed E-state index contributed by atoms with van der Waals surface area (Å²) in [4.78, 5) is 65.7. The molecule has 0 radical (unpaired) electrons. The molecule has 11 rings (SSSR count). The Hall–Kier alpha value is -6.42. The van der Waals surface area contributed by atoms with E-state index >= 15 is 0 Å². The lowest BCUT2D eigenvalue weighted by Crippen LogP contribution is -2.53. The van der Waals surface area contributed by atoms with Crippen molar-refractivity contribution < 1.29 is 14.4 Å². The van der Waals surface area contributed by atoms with Crippen molar-refractivity contribution in [2.75, 3.05) is 52.4 Å². The topological polar surface area (TPSA) is 150 Å². The van der Waals surface area contributed by atoms with Crippen molar-refractivity contribution in [1.82, 2.24) is 53.8 Å². The second-order valence-electron chi connectivity index (χ2n) is 19.0. The molecule has 1 unspecified atom stereocenters. The van der Waals surface area contributed by atoms with Gasteiger partial charge in [-0.2, -0.15) is 5.10 Å². The number of fused-ring (bicyclic) bond motifs is 3. The van der Waals surface area contributed by atoms with Gasteiger partial charge in [0.2, 0.25) is 11.8 Å². The van der Waals surface area contributed by atoms with Crippen LogP contribution in [0.1, 0.15) is 77.7 Å². The molecule has 4 saturated heterocycles. The number of aromatic nitrogens is 6. The minimum absolute atomic E-state index is 0.135. The van der Waals surface area contributed by atoms with Gasteiger partial charge in [-0.25, -0.2) is 9.78 Å². The first kappa shape index (κ1) is 42.2. The summed E-state index contributed by atoms with van der Waals surface area (Å²) in [6, 6.07) is 25.2. The number of nitrogens with one attached hydrogen (secondary N) is 2. The Balaban J connectivity index is 0.640. The standard InChI is InChI=1S/C51H57N11O4/c1-56-40(29-42-41(13-18-52-48(42)56)37-8-9-43-38(28-37)30-53-55-43)32-58-19-14-35(15-20-58)34-4-6-36(7-5-34)50(65)61-21-16-39(17-22-61)60-25-23-59(24-26-60)31-33-3-10-44-46(27-33)57(2)51(66)62(44)45-11-12-47(63)54-49(45)64/h3-10,13,18,27-30,35,39,45H,11-12,14-17,19-26,31-32H2,1-2H3,(H,53,55)(H,54,63,64). The molecule has 66 heavy (non-hydrogen) atoms. The second kappa shape index (κ2) is 17.4. The van der Waals surface area contributed by atoms with Gasteiger partial charge in [0.15, 0.2) is 0 Å². The number of likely N-dealkylation sites (tertiary alicyclic amines) is 2. The molecule has 15 nitrogen and oxygen atoms in total. The average molecular weight is 888 g/mol. The van der Waals surface area contributed by atoms with Crippen molar-refractivity contribution in [3.63, 3.8) is 0 Å². The molecule has 0 aliphatic carbocycles. The third-order valence-corrected chi connectivity index (χ3v) is 15.1. The van der Waals surface area contributed by atoms with E-state index in [9.17, 15) is 19.2 Å². The first-order valence-corrected chi connectivity index (χ1v) is 23.6. The number of imide groups is 1. The summed E-state index contributed by atoms with van der Waals surface area (Å²) in [5.74, 6) is -0.0941. The maximum Gasteiger partial charge on any atom is 0.329 e. The lowest BCUT2D eigenvalue weighted by atomic mass is 9.89. The molecule has 3 aromatic carbocycles. The number of hydrogen-bond donors (Lipinski definition) is 2. The van der Waals surface area contributed by atoms with Gasteiger partial charge in [0.05, 0.1) is 22.7 Å². The molecule has 3 amide bonds. The summed E-state index contributed by atoms with van der Waals surface area (Å²) in [5.41, 5.74) is 10.1. The number of aryl methyl sites for hydroxylation is 2. The Morgan fingerprint density at radius 2 is 1.52 bits per heavy atom. The van der Waals surface area contributed by atoms with Gasteiger partial charge in [-0.3, -0.25) is 48.6 Å². The number of nitrogens with zero attached hydrogens (tertiary/aromatic N) is 9. The van der Waals surface area contributed by atoms with Gasteiger partial charge in [-0.05, 0) is 122 Å². The van der Waals surface area contributed by atoms with Gasteiger partial charge >= 0.3 is 5.69 Å². The van der Waals surface area contributed by atoms with Gasteiger partial charge in [0, 0.05) is 107 Å². The van der Waals surface area contributed by atoms with Crippen LogP contribution in [0.2, 0.25) is 0 Å². The zero-order chi connectivity index (χ0) is 45.1. The van der Waals surface area contributed by atoms with Crippen LogP contribution in [0, 0.1) is 0 Å². The number of benzene rings is 3. The van der Waals surface area contributed by atoms with Crippen LogP contribution >= 0.6 is 0 Å². The summed E-state index contributed by atoms with van der Waals surface area (Å²) >= 11 is 0. The molecule has 1 atom stereocenters. The van der Waals surface area contributed by atoms with Crippen LogP contribution in [0.3, 0.4) is 0 Å². The van der Waals surface area contributed by atoms with E-state index in [1.165, 1.54) is 32.3 Å². The van der Waals surface area contributed by atoms with Crippen LogP contribution < -0.4 is 11.0 Å². The van der Waals surface area contributed by atoms with E-state index in [-0.39, 0.29) is 23.9 Å². The quantitative estimate of drug-likeness (QED) is 0.178. The van der Waals surface area contributed by atoms with Gasteiger partial charge in [0.25, 0.3) is 5.91 Å². The summed E-state index contributed by atoms with van der Waals surface area (Å²) < 4.78 is 5.38. The number of hydrogen-bond acceptors (Lipinski definition) is 9. The fourth-order valence-electron chi connectivity index (χ4n) is 11.2. The summed E-state index contributed by atoms with van der Waals surface area (Å²) in [7, 11) is 3.87. The summed E-state index contributed by atoms with van der Waals surface area (Å²) in [5, 5.41) is 11.9. The monoisotopic (exact) mass is 887 g/mol. The summed E-state index contributed by atoms with van der Waals surface area (Å²) in [6.45, 7) is 9.14.